The van der Waals surface area contributed by atoms with Crippen molar-refractivity contribution in [2.75, 3.05) is 6.54 Å². The lowest BCUT2D eigenvalue weighted by atomic mass is 9.89. The van der Waals surface area contributed by atoms with Crippen molar-refractivity contribution in [2.45, 2.75) is 44.4 Å². The molecule has 0 saturated carbocycles. The molecule has 4 rings (SSSR count). The summed E-state index contributed by atoms with van der Waals surface area (Å²) in [6.07, 6.45) is 0.410. The number of ether oxygens (including phenoxy) is 2. The number of likely N-dealkylation sites (tertiary alicyclic amines) is 1. The summed E-state index contributed by atoms with van der Waals surface area (Å²) in [6, 6.07) is 9.77. The Labute approximate surface area is 160 Å². The Kier molecular flexibility index (Phi) is 4.44. The number of carbonyl (C=O) groups excluding carboxylic acids is 2. The first-order valence-corrected chi connectivity index (χ1v) is 10.2. The van der Waals surface area contributed by atoms with E-state index in [1.807, 2.05) is 19.9 Å². The van der Waals surface area contributed by atoms with E-state index < -0.39 is 34.5 Å². The van der Waals surface area contributed by atoms with E-state index >= 15 is 0 Å². The third-order valence-electron chi connectivity index (χ3n) is 5.11. The topological polar surface area (TPSA) is 78.9 Å². The molecule has 0 spiro atoms. The normalized spacial score (nSPS) is 24.3. The zero-order chi connectivity index (χ0) is 19.2. The standard InChI is InChI=1S/C20H21NO5S/c1-20(2)18(25-19(23)13-7-4-3-5-8-13)16(21-11-6-9-15(21)22)17-14(26-20)10-12-27(17)24/h3-5,7-8,10,12,16,18H,6,9,11H2,1-2H3. The molecular formula is C20H21NO5S. The van der Waals surface area contributed by atoms with E-state index in [4.69, 9.17) is 9.47 Å². The fourth-order valence-corrected chi connectivity index (χ4v) is 5.01. The lowest BCUT2D eigenvalue weighted by Gasteiger charge is -2.44. The second-order valence-electron chi connectivity index (χ2n) is 7.36. The van der Waals surface area contributed by atoms with Crippen LogP contribution in [0.4, 0.5) is 0 Å². The number of hydrogen-bond donors (Lipinski definition) is 0. The molecule has 0 radical (unpaired) electrons. The molecule has 0 aliphatic carbocycles. The Balaban J connectivity index is 1.75. The molecule has 3 heterocycles. The average Bonchev–Trinajstić information content (AvgIpc) is 3.22. The maximum Gasteiger partial charge on any atom is 0.338 e. The number of thiophene rings is 1. The number of esters is 1. The van der Waals surface area contributed by atoms with Crippen molar-refractivity contribution in [3.63, 3.8) is 0 Å². The zero-order valence-electron chi connectivity index (χ0n) is 15.2. The first kappa shape index (κ1) is 18.0. The summed E-state index contributed by atoms with van der Waals surface area (Å²) < 4.78 is 24.5. The van der Waals surface area contributed by atoms with Gasteiger partial charge in [-0.15, -0.1) is 0 Å². The molecule has 1 amide bonds. The van der Waals surface area contributed by atoms with Gasteiger partial charge in [0, 0.05) is 19.0 Å². The molecule has 1 aromatic heterocycles. The minimum atomic E-state index is -1.40. The van der Waals surface area contributed by atoms with Gasteiger partial charge in [0.25, 0.3) is 0 Å². The summed E-state index contributed by atoms with van der Waals surface area (Å²) >= 11 is 0. The van der Waals surface area contributed by atoms with E-state index in [9.17, 15) is 14.1 Å². The monoisotopic (exact) mass is 387 g/mol. The summed E-state index contributed by atoms with van der Waals surface area (Å²) in [7, 11) is -1.40. The smallest absolute Gasteiger partial charge is 0.338 e. The Hall–Kier alpha value is -2.38. The highest BCUT2D eigenvalue weighted by Crippen LogP contribution is 2.50. The number of rotatable bonds is 3. The van der Waals surface area contributed by atoms with Crippen LogP contribution in [0.25, 0.3) is 0 Å². The third kappa shape index (κ3) is 3.11. The van der Waals surface area contributed by atoms with Gasteiger partial charge in [-0.2, -0.15) is 0 Å². The number of benzene rings is 1. The Morgan fingerprint density at radius 2 is 2.04 bits per heavy atom. The van der Waals surface area contributed by atoms with E-state index in [1.54, 1.807) is 40.6 Å². The molecule has 7 heteroatoms. The number of amides is 1. The Morgan fingerprint density at radius 1 is 1.30 bits per heavy atom. The van der Waals surface area contributed by atoms with E-state index in [1.165, 1.54) is 0 Å². The van der Waals surface area contributed by atoms with Crippen LogP contribution in [0.2, 0.25) is 0 Å². The zero-order valence-corrected chi connectivity index (χ0v) is 16.0. The molecule has 2 aliphatic rings. The van der Waals surface area contributed by atoms with Crippen LogP contribution < -0.4 is 4.74 Å². The maximum atomic E-state index is 12.7. The van der Waals surface area contributed by atoms with Crippen LogP contribution in [0.3, 0.4) is 0 Å². The van der Waals surface area contributed by atoms with E-state index in [0.29, 0.717) is 29.2 Å². The second kappa shape index (κ2) is 6.65. The van der Waals surface area contributed by atoms with Crippen molar-refractivity contribution in [2.24, 2.45) is 0 Å². The van der Waals surface area contributed by atoms with Gasteiger partial charge in [0.2, 0.25) is 10.8 Å². The van der Waals surface area contributed by atoms with E-state index in [-0.39, 0.29) is 5.91 Å². The van der Waals surface area contributed by atoms with Crippen molar-refractivity contribution < 1.29 is 23.6 Å². The minimum absolute atomic E-state index is 0.0192. The Morgan fingerprint density at radius 3 is 2.70 bits per heavy atom. The predicted octanol–water partition coefficient (Wildman–Crippen LogP) is 3.47. The molecule has 2 aliphatic heterocycles. The maximum absolute atomic E-state index is 12.7. The van der Waals surface area contributed by atoms with Crippen molar-refractivity contribution in [3.8, 4) is 5.75 Å². The molecule has 0 N–H and O–H groups in total. The molecule has 2 aromatic rings. The van der Waals surface area contributed by atoms with Crippen molar-refractivity contribution >= 4 is 22.6 Å². The number of hydrogen-bond acceptors (Lipinski definition) is 5. The van der Waals surface area contributed by atoms with Crippen LogP contribution in [-0.4, -0.2) is 39.6 Å². The van der Waals surface area contributed by atoms with Gasteiger partial charge in [0.15, 0.2) is 17.9 Å². The molecule has 0 bridgehead atoms. The van der Waals surface area contributed by atoms with Gasteiger partial charge in [-0.1, -0.05) is 18.2 Å². The summed E-state index contributed by atoms with van der Waals surface area (Å²) in [4.78, 5) is 27.4. The van der Waals surface area contributed by atoms with Crippen molar-refractivity contribution in [1.82, 2.24) is 4.90 Å². The van der Waals surface area contributed by atoms with Gasteiger partial charge < -0.3 is 18.9 Å². The van der Waals surface area contributed by atoms with E-state index in [2.05, 4.69) is 0 Å². The molecule has 27 heavy (non-hydrogen) atoms. The highest BCUT2D eigenvalue weighted by atomic mass is 32.2. The third-order valence-corrected chi connectivity index (χ3v) is 6.36. The van der Waals surface area contributed by atoms with Crippen LogP contribution in [0.5, 0.6) is 5.75 Å². The molecule has 1 saturated heterocycles. The molecule has 1 fully saturated rings. The molecular weight excluding hydrogens is 366 g/mol. The molecule has 6 nitrogen and oxygen atoms in total. The van der Waals surface area contributed by atoms with Crippen LogP contribution in [0.1, 0.15) is 48.0 Å². The summed E-state index contributed by atoms with van der Waals surface area (Å²) in [5, 5.41) is 1.55. The Bertz CT molecular complexity index is 876. The quantitative estimate of drug-likeness (QED) is 0.595. The number of nitrogens with zero attached hydrogens (tertiary/aromatic N) is 1. The van der Waals surface area contributed by atoms with Gasteiger partial charge in [-0.05, 0) is 43.2 Å². The lowest BCUT2D eigenvalue weighted by molar-refractivity contribution is -0.140. The molecule has 3 unspecified atom stereocenters. The van der Waals surface area contributed by atoms with Crippen molar-refractivity contribution in [1.29, 1.82) is 0 Å². The number of fused-ring (bicyclic) bond motifs is 1. The van der Waals surface area contributed by atoms with Gasteiger partial charge in [-0.25, -0.2) is 4.79 Å². The first-order chi connectivity index (χ1) is 12.9. The van der Waals surface area contributed by atoms with Gasteiger partial charge in [0.1, 0.15) is 11.0 Å². The van der Waals surface area contributed by atoms with Crippen LogP contribution in [0, 0.1) is 0 Å². The van der Waals surface area contributed by atoms with Crippen LogP contribution in [0.15, 0.2) is 41.8 Å². The van der Waals surface area contributed by atoms with Crippen molar-refractivity contribution in [3.05, 3.63) is 52.2 Å². The molecule has 1 aromatic carbocycles. The molecule has 3 atom stereocenters. The predicted molar refractivity (Wildman–Crippen MR) is 99.1 cm³/mol. The van der Waals surface area contributed by atoms with Gasteiger partial charge in [0.05, 0.1) is 5.56 Å². The van der Waals surface area contributed by atoms with Crippen LogP contribution in [-0.2, 0) is 9.53 Å². The second-order valence-corrected chi connectivity index (χ2v) is 8.67. The summed E-state index contributed by atoms with van der Waals surface area (Å²) in [6.45, 7) is 4.19. The molecule has 142 valence electrons. The largest absolute Gasteiger partial charge is 0.590 e. The minimum Gasteiger partial charge on any atom is -0.590 e. The highest BCUT2D eigenvalue weighted by molar-refractivity contribution is 7.24. The average molecular weight is 387 g/mol. The highest BCUT2D eigenvalue weighted by Gasteiger charge is 2.54. The van der Waals surface area contributed by atoms with Gasteiger partial charge >= 0.3 is 5.97 Å². The first-order valence-electron chi connectivity index (χ1n) is 8.96. The van der Waals surface area contributed by atoms with Gasteiger partial charge in [-0.3, -0.25) is 4.79 Å². The number of carbonyl (C=O) groups is 2. The fourth-order valence-electron chi connectivity index (χ4n) is 3.82. The van der Waals surface area contributed by atoms with Crippen LogP contribution >= 0.6 is 10.8 Å². The summed E-state index contributed by atoms with van der Waals surface area (Å²) in [5.74, 6) is -0.000960. The SMILES string of the molecule is CC1(C)Oc2cc[s+]([O-])c2C(N2CCCC2=O)C1OC(=O)c1ccccc1. The summed E-state index contributed by atoms with van der Waals surface area (Å²) in [5.41, 5.74) is -0.458. The fraction of sp³-hybridized carbons (Fsp3) is 0.400. The lowest BCUT2D eigenvalue weighted by Crippen LogP contribution is -2.55. The van der Waals surface area contributed by atoms with E-state index in [0.717, 1.165) is 6.42 Å².